The predicted molar refractivity (Wildman–Crippen MR) is 80.8 cm³/mol. The van der Waals surface area contributed by atoms with Crippen molar-refractivity contribution in [2.24, 2.45) is 0 Å². The second-order valence-electron chi connectivity index (χ2n) is 4.63. The number of nitrogens with zero attached hydrogens (tertiary/aromatic N) is 1. The second-order valence-corrected chi connectivity index (χ2v) is 5.04. The molecule has 0 atom stereocenters. The van der Waals surface area contributed by atoms with Crippen LogP contribution in [0.1, 0.15) is 39.2 Å². The molecule has 0 aliphatic heterocycles. The zero-order chi connectivity index (χ0) is 13.5. The molecule has 0 aromatic heterocycles. The average Bonchev–Trinajstić information content (AvgIpc) is 2.37. The van der Waals surface area contributed by atoms with Gasteiger partial charge in [-0.3, -0.25) is 4.79 Å². The maximum absolute atomic E-state index is 11.6. The first-order valence-electron chi connectivity index (χ1n) is 6.94. The minimum atomic E-state index is 0.0272. The van der Waals surface area contributed by atoms with Crippen LogP contribution in [0.5, 0.6) is 0 Å². The SMILES string of the molecule is CCCN(CCC)CCNc1c(CC)c(=S)c1=O. The summed E-state index contributed by atoms with van der Waals surface area (Å²) in [6, 6.07) is 0. The smallest absolute Gasteiger partial charge is 0.220 e. The third kappa shape index (κ3) is 3.62. The van der Waals surface area contributed by atoms with Crippen LogP contribution >= 0.6 is 12.2 Å². The first-order valence-corrected chi connectivity index (χ1v) is 7.34. The minimum Gasteiger partial charge on any atom is -0.380 e. The van der Waals surface area contributed by atoms with Gasteiger partial charge in [-0.05, 0) is 32.4 Å². The molecule has 0 amide bonds. The van der Waals surface area contributed by atoms with Crippen LogP contribution in [0.15, 0.2) is 4.79 Å². The molecule has 3 nitrogen and oxygen atoms in total. The van der Waals surface area contributed by atoms with Crippen LogP contribution in [0.2, 0.25) is 0 Å². The van der Waals surface area contributed by atoms with Crippen molar-refractivity contribution >= 4 is 17.9 Å². The summed E-state index contributed by atoms with van der Waals surface area (Å²) in [6.45, 7) is 10.5. The standard InChI is InChI=1S/C14H24N2OS/c1-4-8-16(9-5-2)10-7-15-12-11(6-3)14(18)13(12)17/h15H,4-10H2,1-3H3. The van der Waals surface area contributed by atoms with Crippen LogP contribution in [0.3, 0.4) is 0 Å². The van der Waals surface area contributed by atoms with E-state index in [1.165, 1.54) is 12.8 Å². The quantitative estimate of drug-likeness (QED) is 0.698. The Bertz CT molecular complexity index is 429. The van der Waals surface area contributed by atoms with E-state index in [1.54, 1.807) is 0 Å². The zero-order valence-corrected chi connectivity index (χ0v) is 12.5. The first kappa shape index (κ1) is 15.3. The Balaban J connectivity index is 2.43. The lowest BCUT2D eigenvalue weighted by molar-refractivity contribution is 0.285. The van der Waals surface area contributed by atoms with Gasteiger partial charge in [-0.1, -0.05) is 33.0 Å². The molecular formula is C14H24N2OS. The van der Waals surface area contributed by atoms with Gasteiger partial charge in [-0.15, -0.1) is 0 Å². The summed E-state index contributed by atoms with van der Waals surface area (Å²) in [5.74, 6) is 0. The molecule has 0 aliphatic carbocycles. The van der Waals surface area contributed by atoms with Gasteiger partial charge in [0.1, 0.15) is 0 Å². The number of hydrogen-bond donors (Lipinski definition) is 1. The van der Waals surface area contributed by atoms with E-state index < -0.39 is 0 Å². The Labute approximate surface area is 115 Å². The Morgan fingerprint density at radius 2 is 1.72 bits per heavy atom. The Morgan fingerprint density at radius 1 is 1.11 bits per heavy atom. The first-order chi connectivity index (χ1) is 8.65. The van der Waals surface area contributed by atoms with Gasteiger partial charge < -0.3 is 10.2 Å². The van der Waals surface area contributed by atoms with E-state index in [1.807, 2.05) is 6.92 Å². The molecule has 0 saturated heterocycles. The molecule has 0 unspecified atom stereocenters. The molecule has 0 saturated carbocycles. The molecule has 4 heteroatoms. The molecule has 1 N–H and O–H groups in total. The van der Waals surface area contributed by atoms with Crippen LogP contribution < -0.4 is 10.7 Å². The van der Waals surface area contributed by atoms with Crippen molar-refractivity contribution in [3.8, 4) is 0 Å². The summed E-state index contributed by atoms with van der Waals surface area (Å²) in [5, 5.41) is 3.25. The highest BCUT2D eigenvalue weighted by molar-refractivity contribution is 7.71. The van der Waals surface area contributed by atoms with Gasteiger partial charge in [0.15, 0.2) is 0 Å². The van der Waals surface area contributed by atoms with E-state index in [2.05, 4.69) is 24.1 Å². The number of rotatable bonds is 9. The Morgan fingerprint density at radius 3 is 2.22 bits per heavy atom. The molecule has 0 radical (unpaired) electrons. The van der Waals surface area contributed by atoms with Crippen LogP contribution in [0.25, 0.3) is 0 Å². The van der Waals surface area contributed by atoms with Gasteiger partial charge >= 0.3 is 0 Å². The van der Waals surface area contributed by atoms with Crippen molar-refractivity contribution in [1.29, 1.82) is 0 Å². The molecule has 1 aromatic rings. The van der Waals surface area contributed by atoms with Gasteiger partial charge in [0.25, 0.3) is 0 Å². The van der Waals surface area contributed by atoms with Crippen molar-refractivity contribution in [2.75, 3.05) is 31.5 Å². The summed E-state index contributed by atoms with van der Waals surface area (Å²) in [5.41, 5.74) is 1.82. The molecule has 102 valence electrons. The predicted octanol–water partition coefficient (Wildman–Crippen LogP) is 2.75. The zero-order valence-electron chi connectivity index (χ0n) is 11.7. The van der Waals surface area contributed by atoms with Crippen molar-refractivity contribution < 1.29 is 0 Å². The lowest BCUT2D eigenvalue weighted by Gasteiger charge is -2.22. The third-order valence-electron chi connectivity index (χ3n) is 3.17. The lowest BCUT2D eigenvalue weighted by Crippen LogP contribution is -2.32. The fourth-order valence-electron chi connectivity index (χ4n) is 2.27. The highest BCUT2D eigenvalue weighted by Gasteiger charge is 2.15. The molecule has 0 bridgehead atoms. The normalized spacial score (nSPS) is 11.3. The van der Waals surface area contributed by atoms with Crippen molar-refractivity contribution in [3.63, 3.8) is 0 Å². The van der Waals surface area contributed by atoms with Gasteiger partial charge in [-0.2, -0.15) is 0 Å². The molecule has 0 aliphatic rings. The lowest BCUT2D eigenvalue weighted by atomic mass is 10.1. The topological polar surface area (TPSA) is 32.3 Å². The largest absolute Gasteiger partial charge is 0.380 e. The fourth-order valence-corrected chi connectivity index (χ4v) is 2.62. The summed E-state index contributed by atoms with van der Waals surface area (Å²) in [4.78, 5) is 14.0. The van der Waals surface area contributed by atoms with E-state index in [9.17, 15) is 4.79 Å². The van der Waals surface area contributed by atoms with Gasteiger partial charge in [-0.25, -0.2) is 0 Å². The molecule has 0 spiro atoms. The van der Waals surface area contributed by atoms with Crippen molar-refractivity contribution in [1.82, 2.24) is 4.90 Å². The average molecular weight is 268 g/mol. The van der Waals surface area contributed by atoms with E-state index in [0.717, 1.165) is 43.9 Å². The van der Waals surface area contributed by atoms with E-state index >= 15 is 0 Å². The van der Waals surface area contributed by atoms with Gasteiger partial charge in [0, 0.05) is 18.7 Å². The fraction of sp³-hybridized carbons (Fsp3) is 0.714. The number of nitrogens with one attached hydrogen (secondary N) is 1. The molecule has 1 rings (SSSR count). The molecule has 0 heterocycles. The van der Waals surface area contributed by atoms with E-state index in [-0.39, 0.29) is 5.43 Å². The van der Waals surface area contributed by atoms with E-state index in [0.29, 0.717) is 4.51 Å². The monoisotopic (exact) mass is 268 g/mol. The third-order valence-corrected chi connectivity index (χ3v) is 3.60. The maximum Gasteiger partial charge on any atom is 0.220 e. The summed E-state index contributed by atoms with van der Waals surface area (Å²) in [7, 11) is 0. The molecule has 18 heavy (non-hydrogen) atoms. The second kappa shape index (κ2) is 7.64. The van der Waals surface area contributed by atoms with Crippen LogP contribution in [-0.4, -0.2) is 31.1 Å². The maximum atomic E-state index is 11.6. The molecular weight excluding hydrogens is 244 g/mol. The summed E-state index contributed by atoms with van der Waals surface area (Å²) < 4.78 is 0.527. The minimum absolute atomic E-state index is 0.0272. The Kier molecular flexibility index (Phi) is 6.50. The van der Waals surface area contributed by atoms with Gasteiger partial charge in [0.05, 0.1) is 10.2 Å². The molecule has 1 aromatic carbocycles. The van der Waals surface area contributed by atoms with Crippen LogP contribution in [-0.2, 0) is 6.42 Å². The molecule has 0 fully saturated rings. The summed E-state index contributed by atoms with van der Waals surface area (Å²) >= 11 is 5.03. The van der Waals surface area contributed by atoms with E-state index in [4.69, 9.17) is 12.2 Å². The summed E-state index contributed by atoms with van der Waals surface area (Å²) in [6.07, 6.45) is 3.19. The number of hydrogen-bond acceptors (Lipinski definition) is 4. The van der Waals surface area contributed by atoms with Crippen molar-refractivity contribution in [2.45, 2.75) is 40.0 Å². The van der Waals surface area contributed by atoms with Crippen LogP contribution in [0, 0.1) is 4.51 Å². The highest BCUT2D eigenvalue weighted by atomic mass is 32.1. The highest BCUT2D eigenvalue weighted by Crippen LogP contribution is 2.16. The van der Waals surface area contributed by atoms with Crippen molar-refractivity contribution in [3.05, 3.63) is 20.3 Å². The van der Waals surface area contributed by atoms with Gasteiger partial charge in [0.2, 0.25) is 5.43 Å². The number of anilines is 1. The Hall–Kier alpha value is -0.740. The van der Waals surface area contributed by atoms with Crippen LogP contribution in [0.4, 0.5) is 5.69 Å².